The number of nitrogens with two attached hydrogens (primary N) is 1. The van der Waals surface area contributed by atoms with E-state index in [9.17, 15) is 4.79 Å². The van der Waals surface area contributed by atoms with Gasteiger partial charge in [0.15, 0.2) is 0 Å². The average Bonchev–Trinajstić information content (AvgIpc) is 2.85. The fourth-order valence-electron chi connectivity index (χ4n) is 1.55. The molecule has 0 atom stereocenters. The Bertz CT molecular complexity index is 537. The molecule has 2 rings (SSSR count). The van der Waals surface area contributed by atoms with Crippen molar-refractivity contribution in [1.29, 1.82) is 0 Å². The molecule has 4 nitrogen and oxygen atoms in total. The van der Waals surface area contributed by atoms with Crippen LogP contribution < -0.4 is 11.1 Å². The van der Waals surface area contributed by atoms with Gasteiger partial charge in [0.05, 0.1) is 11.2 Å². The smallest absolute Gasteiger partial charge is 0.251 e. The van der Waals surface area contributed by atoms with Gasteiger partial charge in [0.2, 0.25) is 0 Å². The zero-order valence-electron chi connectivity index (χ0n) is 10.1. The lowest BCUT2D eigenvalue weighted by Crippen LogP contribution is -2.25. The van der Waals surface area contributed by atoms with Gasteiger partial charge >= 0.3 is 0 Å². The second-order valence-electron chi connectivity index (χ2n) is 4.06. The molecule has 94 valence electrons. The van der Waals surface area contributed by atoms with E-state index in [4.69, 9.17) is 5.73 Å². The van der Waals surface area contributed by atoms with E-state index >= 15 is 0 Å². The lowest BCUT2D eigenvalue weighted by atomic mass is 10.1. The average molecular weight is 261 g/mol. The van der Waals surface area contributed by atoms with Crippen molar-refractivity contribution in [3.05, 3.63) is 45.9 Å². The van der Waals surface area contributed by atoms with Crippen LogP contribution in [0.3, 0.4) is 0 Å². The van der Waals surface area contributed by atoms with Crippen molar-refractivity contribution in [2.75, 3.05) is 12.3 Å². The quantitative estimate of drug-likeness (QED) is 0.827. The number of amides is 1. The molecule has 0 saturated carbocycles. The minimum Gasteiger partial charge on any atom is -0.398 e. The van der Waals surface area contributed by atoms with Crippen LogP contribution in [0.25, 0.3) is 0 Å². The SMILES string of the molecule is Cc1ccc(C(=O)NCCc2cscn2)cc1N. The Morgan fingerprint density at radius 2 is 2.33 bits per heavy atom. The maximum Gasteiger partial charge on any atom is 0.251 e. The van der Waals surface area contributed by atoms with Crippen LogP contribution >= 0.6 is 11.3 Å². The van der Waals surface area contributed by atoms with E-state index < -0.39 is 0 Å². The number of anilines is 1. The monoisotopic (exact) mass is 261 g/mol. The number of carbonyl (C=O) groups is 1. The lowest BCUT2D eigenvalue weighted by molar-refractivity contribution is 0.0954. The predicted molar refractivity (Wildman–Crippen MR) is 73.7 cm³/mol. The number of nitrogens with zero attached hydrogens (tertiary/aromatic N) is 1. The Balaban J connectivity index is 1.89. The van der Waals surface area contributed by atoms with E-state index in [-0.39, 0.29) is 5.91 Å². The van der Waals surface area contributed by atoms with Crippen LogP contribution in [-0.2, 0) is 6.42 Å². The van der Waals surface area contributed by atoms with E-state index in [0.29, 0.717) is 17.8 Å². The van der Waals surface area contributed by atoms with Crippen LogP contribution in [0.1, 0.15) is 21.6 Å². The fourth-order valence-corrected chi connectivity index (χ4v) is 2.14. The molecule has 1 amide bonds. The zero-order chi connectivity index (χ0) is 13.0. The maximum absolute atomic E-state index is 11.9. The first kappa shape index (κ1) is 12.6. The third-order valence-corrected chi connectivity index (χ3v) is 3.33. The molecule has 0 fully saturated rings. The van der Waals surface area contributed by atoms with Gasteiger partial charge in [0.25, 0.3) is 5.91 Å². The van der Waals surface area contributed by atoms with Gasteiger partial charge in [-0.2, -0.15) is 0 Å². The molecule has 0 saturated heterocycles. The lowest BCUT2D eigenvalue weighted by Gasteiger charge is -2.06. The normalized spacial score (nSPS) is 10.3. The summed E-state index contributed by atoms with van der Waals surface area (Å²) in [6, 6.07) is 5.34. The minimum absolute atomic E-state index is 0.100. The summed E-state index contributed by atoms with van der Waals surface area (Å²) in [7, 11) is 0. The number of nitrogen functional groups attached to an aromatic ring is 1. The molecule has 0 radical (unpaired) electrons. The number of carbonyl (C=O) groups excluding carboxylic acids is 1. The van der Waals surface area contributed by atoms with Crippen molar-refractivity contribution >= 4 is 22.9 Å². The Hall–Kier alpha value is -1.88. The number of thiazole rings is 1. The largest absolute Gasteiger partial charge is 0.398 e. The summed E-state index contributed by atoms with van der Waals surface area (Å²) >= 11 is 1.56. The van der Waals surface area contributed by atoms with E-state index in [1.807, 2.05) is 18.4 Å². The molecule has 18 heavy (non-hydrogen) atoms. The molecule has 1 aromatic heterocycles. The summed E-state index contributed by atoms with van der Waals surface area (Å²) in [4.78, 5) is 16.0. The predicted octanol–water partition coefficient (Wildman–Crippen LogP) is 2.01. The Morgan fingerprint density at radius 1 is 1.50 bits per heavy atom. The molecular formula is C13H15N3OS. The number of hydrogen-bond donors (Lipinski definition) is 2. The van der Waals surface area contributed by atoms with Crippen molar-refractivity contribution in [2.24, 2.45) is 0 Å². The first-order valence-electron chi connectivity index (χ1n) is 5.68. The molecule has 0 aliphatic heterocycles. The van der Waals surface area contributed by atoms with Crippen LogP contribution in [0.2, 0.25) is 0 Å². The van der Waals surface area contributed by atoms with Crippen LogP contribution in [-0.4, -0.2) is 17.4 Å². The first-order valence-corrected chi connectivity index (χ1v) is 6.62. The molecule has 2 aromatic rings. The minimum atomic E-state index is -0.100. The number of aryl methyl sites for hydroxylation is 1. The summed E-state index contributed by atoms with van der Waals surface area (Å²) in [6.07, 6.45) is 0.747. The maximum atomic E-state index is 11.9. The Labute approximate surface area is 110 Å². The number of rotatable bonds is 4. The first-order chi connectivity index (χ1) is 8.66. The van der Waals surface area contributed by atoms with Gasteiger partial charge in [-0.25, -0.2) is 4.98 Å². The van der Waals surface area contributed by atoms with Crippen LogP contribution in [0.15, 0.2) is 29.1 Å². The molecule has 1 heterocycles. The van der Waals surface area contributed by atoms with Crippen molar-refractivity contribution in [2.45, 2.75) is 13.3 Å². The number of hydrogen-bond acceptors (Lipinski definition) is 4. The van der Waals surface area contributed by atoms with Crippen molar-refractivity contribution in [1.82, 2.24) is 10.3 Å². The second-order valence-corrected chi connectivity index (χ2v) is 4.78. The van der Waals surface area contributed by atoms with E-state index in [1.165, 1.54) is 0 Å². The van der Waals surface area contributed by atoms with E-state index in [2.05, 4.69) is 10.3 Å². The van der Waals surface area contributed by atoms with Crippen LogP contribution in [0, 0.1) is 6.92 Å². The number of aromatic nitrogens is 1. The molecule has 0 aliphatic rings. The van der Waals surface area contributed by atoms with Crippen molar-refractivity contribution < 1.29 is 4.79 Å². The Morgan fingerprint density at radius 3 is 3.00 bits per heavy atom. The summed E-state index contributed by atoms with van der Waals surface area (Å²) in [5.41, 5.74) is 10.8. The number of nitrogens with one attached hydrogen (secondary N) is 1. The molecule has 0 spiro atoms. The zero-order valence-corrected chi connectivity index (χ0v) is 11.0. The highest BCUT2D eigenvalue weighted by atomic mass is 32.1. The molecule has 0 aliphatic carbocycles. The Kier molecular flexibility index (Phi) is 3.94. The molecule has 3 N–H and O–H groups in total. The van der Waals surface area contributed by atoms with Crippen LogP contribution in [0.4, 0.5) is 5.69 Å². The summed E-state index contributed by atoms with van der Waals surface area (Å²) in [5, 5.41) is 4.84. The van der Waals surface area contributed by atoms with Gasteiger partial charge in [0.1, 0.15) is 0 Å². The third kappa shape index (κ3) is 3.07. The van der Waals surface area contributed by atoms with Gasteiger partial charge < -0.3 is 11.1 Å². The van der Waals surface area contributed by atoms with Gasteiger partial charge in [0, 0.05) is 29.6 Å². The highest BCUT2D eigenvalue weighted by molar-refractivity contribution is 7.07. The molecule has 1 aromatic carbocycles. The molecular weight excluding hydrogens is 246 g/mol. The highest BCUT2D eigenvalue weighted by Gasteiger charge is 2.06. The molecule has 0 unspecified atom stereocenters. The van der Waals surface area contributed by atoms with Gasteiger partial charge in [-0.15, -0.1) is 11.3 Å². The third-order valence-electron chi connectivity index (χ3n) is 2.69. The summed E-state index contributed by atoms with van der Waals surface area (Å²) in [5.74, 6) is -0.100. The van der Waals surface area contributed by atoms with Crippen LogP contribution in [0.5, 0.6) is 0 Å². The van der Waals surface area contributed by atoms with Gasteiger partial charge in [-0.1, -0.05) is 6.07 Å². The highest BCUT2D eigenvalue weighted by Crippen LogP contribution is 2.12. The van der Waals surface area contributed by atoms with Crippen molar-refractivity contribution in [3.63, 3.8) is 0 Å². The second kappa shape index (κ2) is 5.64. The standard InChI is InChI=1S/C13H15N3OS/c1-9-2-3-10(6-12(9)14)13(17)15-5-4-11-7-18-8-16-11/h2-3,6-8H,4-5,14H2,1H3,(H,15,17). The van der Waals surface area contributed by atoms with Crippen molar-refractivity contribution in [3.8, 4) is 0 Å². The van der Waals surface area contributed by atoms with E-state index in [0.717, 1.165) is 17.7 Å². The molecule has 5 heteroatoms. The summed E-state index contributed by atoms with van der Waals surface area (Å²) < 4.78 is 0. The van der Waals surface area contributed by atoms with Gasteiger partial charge in [-0.3, -0.25) is 4.79 Å². The molecule has 0 bridgehead atoms. The van der Waals surface area contributed by atoms with Gasteiger partial charge in [-0.05, 0) is 24.6 Å². The van der Waals surface area contributed by atoms with E-state index in [1.54, 1.807) is 29.0 Å². The topological polar surface area (TPSA) is 68.0 Å². The number of benzene rings is 1. The summed E-state index contributed by atoms with van der Waals surface area (Å²) in [6.45, 7) is 2.50. The fraction of sp³-hybridized carbons (Fsp3) is 0.231.